The maximum Gasteiger partial charge on any atom is 0.0543 e. The van der Waals surface area contributed by atoms with E-state index in [1.165, 1.54) is 133 Å². The number of nitrogens with zero attached hydrogens (tertiary/aromatic N) is 2. The summed E-state index contributed by atoms with van der Waals surface area (Å²) >= 11 is 0. The Morgan fingerprint density at radius 1 is 0.242 bits per heavy atom. The van der Waals surface area contributed by atoms with E-state index in [0.29, 0.717) is 0 Å². The van der Waals surface area contributed by atoms with Crippen LogP contribution in [-0.2, 0) is 0 Å². The van der Waals surface area contributed by atoms with Gasteiger partial charge in [0.1, 0.15) is 0 Å². The molecule has 2 nitrogen and oxygen atoms in total. The molecule has 66 heavy (non-hydrogen) atoms. The van der Waals surface area contributed by atoms with Crippen molar-refractivity contribution in [2.45, 2.75) is 27.7 Å². The number of benzene rings is 10. The molecule has 0 N–H and O–H groups in total. The number of aryl methyl sites for hydroxylation is 4. The maximum absolute atomic E-state index is 2.48. The molecule has 0 amide bonds. The normalized spacial score (nSPS) is 11.9. The Morgan fingerprint density at radius 3 is 1.00 bits per heavy atom. The van der Waals surface area contributed by atoms with Crippen molar-refractivity contribution in [2.24, 2.45) is 0 Å². The molecule has 0 aliphatic heterocycles. The van der Waals surface area contributed by atoms with Crippen LogP contribution < -0.4 is 0 Å². The lowest BCUT2D eigenvalue weighted by Crippen LogP contribution is -2.01. The molecule has 13 rings (SSSR count). The molecule has 0 fully saturated rings. The van der Waals surface area contributed by atoms with Crippen molar-refractivity contribution in [2.75, 3.05) is 0 Å². The highest BCUT2D eigenvalue weighted by Crippen LogP contribution is 2.50. The predicted octanol–water partition coefficient (Wildman–Crippen LogP) is 17.4. The molecule has 2 aromatic heterocycles. The van der Waals surface area contributed by atoms with Gasteiger partial charge in [-0.25, -0.2) is 0 Å². The third-order valence-electron chi connectivity index (χ3n) is 14.4. The van der Waals surface area contributed by atoms with Gasteiger partial charge in [0, 0.05) is 32.9 Å². The maximum atomic E-state index is 2.48. The van der Waals surface area contributed by atoms with E-state index in [1.54, 1.807) is 0 Å². The summed E-state index contributed by atoms with van der Waals surface area (Å²) in [7, 11) is 0. The largest absolute Gasteiger partial charge is 0.309 e. The third kappa shape index (κ3) is 5.68. The Labute approximate surface area is 385 Å². The Morgan fingerprint density at radius 2 is 0.591 bits per heavy atom. The summed E-state index contributed by atoms with van der Waals surface area (Å²) in [6.07, 6.45) is 0. The summed E-state index contributed by atoms with van der Waals surface area (Å²) in [5.74, 6) is 0. The average molecular weight is 843 g/mol. The van der Waals surface area contributed by atoms with Crippen molar-refractivity contribution in [1.82, 2.24) is 9.13 Å². The van der Waals surface area contributed by atoms with E-state index in [9.17, 15) is 0 Å². The molecule has 1 aliphatic rings. The molecular weight excluding hydrogens is 797 g/mol. The van der Waals surface area contributed by atoms with Crippen molar-refractivity contribution >= 4 is 43.6 Å². The van der Waals surface area contributed by atoms with Crippen molar-refractivity contribution in [3.05, 3.63) is 229 Å². The molecule has 10 aromatic carbocycles. The molecule has 0 atom stereocenters. The van der Waals surface area contributed by atoms with Gasteiger partial charge in [0.05, 0.1) is 22.1 Å². The number of fused-ring (bicyclic) bond motifs is 14. The van der Waals surface area contributed by atoms with Crippen LogP contribution in [0.1, 0.15) is 22.3 Å². The fourth-order valence-electron chi connectivity index (χ4n) is 11.3. The molecule has 0 bridgehead atoms. The van der Waals surface area contributed by atoms with E-state index in [-0.39, 0.29) is 0 Å². The Hall–Kier alpha value is -8.20. The fourth-order valence-corrected chi connectivity index (χ4v) is 11.3. The minimum Gasteiger partial charge on any atom is -0.309 e. The molecule has 2 heteroatoms. The van der Waals surface area contributed by atoms with Gasteiger partial charge < -0.3 is 9.13 Å². The first-order valence-electron chi connectivity index (χ1n) is 23.1. The first-order valence-corrected chi connectivity index (χ1v) is 23.1. The lowest BCUT2D eigenvalue weighted by Gasteiger charge is -2.25. The molecule has 312 valence electrons. The molecular formula is C64H46N2. The van der Waals surface area contributed by atoms with Gasteiger partial charge in [-0.1, -0.05) is 146 Å². The summed E-state index contributed by atoms with van der Waals surface area (Å²) in [6.45, 7) is 8.90. The van der Waals surface area contributed by atoms with Crippen LogP contribution in [-0.4, -0.2) is 9.13 Å². The van der Waals surface area contributed by atoms with E-state index >= 15 is 0 Å². The first kappa shape index (κ1) is 38.3. The van der Waals surface area contributed by atoms with E-state index in [2.05, 4.69) is 243 Å². The molecule has 1 aliphatic carbocycles. The summed E-state index contributed by atoms with van der Waals surface area (Å²) in [4.78, 5) is 0. The van der Waals surface area contributed by atoms with E-state index < -0.39 is 0 Å². The van der Waals surface area contributed by atoms with Crippen LogP contribution in [0.5, 0.6) is 0 Å². The van der Waals surface area contributed by atoms with E-state index in [0.717, 1.165) is 11.4 Å². The minimum absolute atomic E-state index is 1.15. The van der Waals surface area contributed by atoms with Gasteiger partial charge in [0.15, 0.2) is 0 Å². The second-order valence-corrected chi connectivity index (χ2v) is 18.3. The molecule has 2 heterocycles. The second kappa shape index (κ2) is 14.7. The molecule has 0 radical (unpaired) electrons. The highest BCUT2D eigenvalue weighted by molar-refractivity contribution is 6.14. The summed E-state index contributed by atoms with van der Waals surface area (Å²) < 4.78 is 4.96. The van der Waals surface area contributed by atoms with Crippen LogP contribution in [0.15, 0.2) is 206 Å². The molecule has 0 saturated carbocycles. The summed E-state index contributed by atoms with van der Waals surface area (Å²) in [5.41, 5.74) is 27.1. The topological polar surface area (TPSA) is 9.86 Å². The zero-order chi connectivity index (χ0) is 44.2. The molecule has 0 saturated heterocycles. The van der Waals surface area contributed by atoms with Gasteiger partial charge in [0.25, 0.3) is 0 Å². The van der Waals surface area contributed by atoms with Crippen LogP contribution in [0.4, 0.5) is 0 Å². The summed E-state index contributed by atoms with van der Waals surface area (Å²) in [6, 6.07) is 77.2. The highest BCUT2D eigenvalue weighted by Gasteiger charge is 2.25. The van der Waals surface area contributed by atoms with Crippen molar-refractivity contribution in [3.8, 4) is 78.1 Å². The Bertz CT molecular complexity index is 3720. The Kier molecular flexibility index (Phi) is 8.51. The third-order valence-corrected chi connectivity index (χ3v) is 14.4. The van der Waals surface area contributed by atoms with E-state index in [4.69, 9.17) is 0 Å². The van der Waals surface area contributed by atoms with Crippen LogP contribution in [0.25, 0.3) is 122 Å². The van der Waals surface area contributed by atoms with Gasteiger partial charge in [-0.05, 0) is 177 Å². The van der Waals surface area contributed by atoms with Gasteiger partial charge in [-0.3, -0.25) is 0 Å². The highest BCUT2D eigenvalue weighted by atomic mass is 15.0. The van der Waals surface area contributed by atoms with Gasteiger partial charge >= 0.3 is 0 Å². The van der Waals surface area contributed by atoms with Crippen LogP contribution in [0, 0.1) is 27.7 Å². The Balaban J connectivity index is 1.04. The van der Waals surface area contributed by atoms with E-state index in [1.807, 2.05) is 0 Å². The number of rotatable bonds is 4. The molecule has 12 aromatic rings. The van der Waals surface area contributed by atoms with Crippen LogP contribution >= 0.6 is 0 Å². The zero-order valence-electron chi connectivity index (χ0n) is 37.5. The van der Waals surface area contributed by atoms with Crippen molar-refractivity contribution in [1.29, 1.82) is 0 Å². The average Bonchev–Trinajstić information content (AvgIpc) is 3.87. The number of hydrogen-bond acceptors (Lipinski definition) is 0. The van der Waals surface area contributed by atoms with Crippen molar-refractivity contribution < 1.29 is 0 Å². The first-order chi connectivity index (χ1) is 32.4. The van der Waals surface area contributed by atoms with Crippen LogP contribution in [0.3, 0.4) is 0 Å². The van der Waals surface area contributed by atoms with Gasteiger partial charge in [-0.15, -0.1) is 0 Å². The molecule has 0 unspecified atom stereocenters. The monoisotopic (exact) mass is 842 g/mol. The lowest BCUT2D eigenvalue weighted by molar-refractivity contribution is 1.18. The number of aromatic nitrogens is 2. The van der Waals surface area contributed by atoms with Crippen LogP contribution in [0.2, 0.25) is 0 Å². The predicted molar refractivity (Wildman–Crippen MR) is 280 cm³/mol. The zero-order valence-corrected chi connectivity index (χ0v) is 37.5. The second-order valence-electron chi connectivity index (χ2n) is 18.3. The quantitative estimate of drug-likeness (QED) is 0.167. The fraction of sp³-hybridized carbons (Fsp3) is 0.0625. The minimum atomic E-state index is 1.15. The summed E-state index contributed by atoms with van der Waals surface area (Å²) in [5, 5.41) is 5.14. The smallest absolute Gasteiger partial charge is 0.0543 e. The SMILES string of the molecule is Cc1ccccc1-c1ccc2c(c1)c1c(C)cccc1n2-c1ccc2c(c1)-c1ccccc1-c1ccccc1-c1cc(-n3c4ccc(-c5ccccc5C)cc4c4c(C)cccc43)ccc1-2. The van der Waals surface area contributed by atoms with Gasteiger partial charge in [-0.2, -0.15) is 0 Å². The standard InChI is InChI=1S/C64H46N2/c1-39-15-5-7-19-47(39)43-27-33-59-57(35-43)63-41(3)17-13-25-61(63)65(59)45-29-31-53-54-32-30-46(38-56(54)52-24-12-10-22-50(52)49-21-9-11-23-51(49)55(53)37-45)66-60-34-28-44(48-20-8-6-16-40(48)2)36-58(60)64-42(4)18-14-26-62(64)66/h5-38H,1-4H3. The molecule has 0 spiro atoms. The lowest BCUT2D eigenvalue weighted by atomic mass is 9.80. The van der Waals surface area contributed by atoms with Gasteiger partial charge in [0.2, 0.25) is 0 Å². The number of hydrogen-bond donors (Lipinski definition) is 0. The van der Waals surface area contributed by atoms with Crippen molar-refractivity contribution in [3.63, 3.8) is 0 Å².